The molecule has 1 aliphatic carbocycles. The lowest BCUT2D eigenvalue weighted by Crippen LogP contribution is -2.32. The summed E-state index contributed by atoms with van der Waals surface area (Å²) in [5, 5.41) is 12.0. The molecule has 0 bridgehead atoms. The highest BCUT2D eigenvalue weighted by Crippen LogP contribution is 2.31. The van der Waals surface area contributed by atoms with Crippen molar-refractivity contribution in [3.63, 3.8) is 0 Å². The number of hydrogen-bond donors (Lipinski definition) is 2. The summed E-state index contributed by atoms with van der Waals surface area (Å²) in [7, 11) is 0. The Balaban J connectivity index is 1.91. The molecule has 1 amide bonds. The summed E-state index contributed by atoms with van der Waals surface area (Å²) < 4.78 is 0. The second kappa shape index (κ2) is 6.07. The summed E-state index contributed by atoms with van der Waals surface area (Å²) in [6.45, 7) is 3.98. The molecule has 0 heterocycles. The van der Waals surface area contributed by atoms with Gasteiger partial charge in [0.1, 0.15) is 0 Å². The summed E-state index contributed by atoms with van der Waals surface area (Å²) in [5.74, 6) is -1.34. The normalized spacial score (nSPS) is 23.3. The van der Waals surface area contributed by atoms with E-state index in [4.69, 9.17) is 5.11 Å². The first kappa shape index (κ1) is 14.6. The van der Waals surface area contributed by atoms with Gasteiger partial charge in [-0.1, -0.05) is 29.8 Å². The van der Waals surface area contributed by atoms with E-state index >= 15 is 0 Å². The van der Waals surface area contributed by atoms with Gasteiger partial charge in [0.25, 0.3) is 0 Å². The van der Waals surface area contributed by atoms with E-state index in [0.29, 0.717) is 19.3 Å². The van der Waals surface area contributed by atoms with Crippen LogP contribution in [0.3, 0.4) is 0 Å². The lowest BCUT2D eigenvalue weighted by Gasteiger charge is -2.17. The summed E-state index contributed by atoms with van der Waals surface area (Å²) in [4.78, 5) is 23.1. The van der Waals surface area contributed by atoms with Crippen LogP contribution in [0.4, 0.5) is 0 Å². The molecule has 2 rings (SSSR count). The van der Waals surface area contributed by atoms with Crippen molar-refractivity contribution in [3.8, 4) is 0 Å². The van der Waals surface area contributed by atoms with E-state index < -0.39 is 5.97 Å². The van der Waals surface area contributed by atoms with E-state index in [-0.39, 0.29) is 23.8 Å². The van der Waals surface area contributed by atoms with E-state index in [9.17, 15) is 9.59 Å². The summed E-state index contributed by atoms with van der Waals surface area (Å²) in [6, 6.07) is 8.01. The molecular formula is C16H21NO3. The molecule has 4 heteroatoms. The fourth-order valence-corrected chi connectivity index (χ4v) is 2.71. The minimum absolute atomic E-state index is 0.0261. The fraction of sp³-hybridized carbons (Fsp3) is 0.500. The third-order valence-corrected chi connectivity index (χ3v) is 4.09. The van der Waals surface area contributed by atoms with Gasteiger partial charge in [0.2, 0.25) is 5.91 Å². The van der Waals surface area contributed by atoms with Gasteiger partial charge in [-0.2, -0.15) is 0 Å². The molecule has 4 nitrogen and oxygen atoms in total. The summed E-state index contributed by atoms with van der Waals surface area (Å²) >= 11 is 0. The van der Waals surface area contributed by atoms with Crippen molar-refractivity contribution in [2.75, 3.05) is 0 Å². The number of aliphatic carboxylic acids is 1. The maximum absolute atomic E-state index is 12.2. The zero-order valence-electron chi connectivity index (χ0n) is 11.9. The maximum Gasteiger partial charge on any atom is 0.306 e. The molecule has 1 aliphatic rings. The van der Waals surface area contributed by atoms with Crippen LogP contribution in [0.1, 0.15) is 43.4 Å². The number of amides is 1. The highest BCUT2D eigenvalue weighted by Gasteiger charge is 2.34. The topological polar surface area (TPSA) is 66.4 Å². The smallest absolute Gasteiger partial charge is 0.306 e. The number of carbonyl (C=O) groups excluding carboxylic acids is 1. The van der Waals surface area contributed by atoms with Gasteiger partial charge in [0.05, 0.1) is 12.0 Å². The molecule has 20 heavy (non-hydrogen) atoms. The van der Waals surface area contributed by atoms with Crippen LogP contribution in [0.15, 0.2) is 24.3 Å². The van der Waals surface area contributed by atoms with Crippen LogP contribution in [0, 0.1) is 18.8 Å². The zero-order chi connectivity index (χ0) is 14.7. The van der Waals surface area contributed by atoms with Gasteiger partial charge in [-0.3, -0.25) is 9.59 Å². The van der Waals surface area contributed by atoms with Crippen LogP contribution in [0.5, 0.6) is 0 Å². The van der Waals surface area contributed by atoms with Crippen LogP contribution in [0.2, 0.25) is 0 Å². The van der Waals surface area contributed by atoms with Crippen molar-refractivity contribution in [2.24, 2.45) is 11.8 Å². The lowest BCUT2D eigenvalue weighted by molar-refractivity contribution is -0.141. The average Bonchev–Trinajstić information content (AvgIpc) is 2.89. The quantitative estimate of drug-likeness (QED) is 0.887. The van der Waals surface area contributed by atoms with Gasteiger partial charge in [0.15, 0.2) is 0 Å². The van der Waals surface area contributed by atoms with Gasteiger partial charge < -0.3 is 10.4 Å². The number of rotatable bonds is 4. The van der Waals surface area contributed by atoms with E-state index in [0.717, 1.165) is 5.56 Å². The second-order valence-corrected chi connectivity index (χ2v) is 5.69. The summed E-state index contributed by atoms with van der Waals surface area (Å²) in [6.07, 6.45) is 1.73. The number of carboxylic acids is 1. The SMILES string of the molecule is Cc1ccc([C@@H](C)NC(=O)C2CCC(C(=O)O)C2)cc1. The van der Waals surface area contributed by atoms with Crippen molar-refractivity contribution in [1.82, 2.24) is 5.32 Å². The zero-order valence-corrected chi connectivity index (χ0v) is 11.9. The van der Waals surface area contributed by atoms with E-state index in [2.05, 4.69) is 5.32 Å². The molecule has 0 aliphatic heterocycles. The summed E-state index contributed by atoms with van der Waals surface area (Å²) in [5.41, 5.74) is 2.25. The minimum Gasteiger partial charge on any atom is -0.481 e. The number of carbonyl (C=O) groups is 2. The predicted octanol–water partition coefficient (Wildman–Crippen LogP) is 2.67. The number of hydrogen-bond acceptors (Lipinski definition) is 2. The molecule has 1 saturated carbocycles. The number of aryl methyl sites for hydroxylation is 1. The highest BCUT2D eigenvalue weighted by atomic mass is 16.4. The van der Waals surface area contributed by atoms with Gasteiger partial charge >= 0.3 is 5.97 Å². The highest BCUT2D eigenvalue weighted by molar-refractivity contribution is 5.81. The third kappa shape index (κ3) is 3.38. The van der Waals surface area contributed by atoms with Crippen LogP contribution >= 0.6 is 0 Å². The Morgan fingerprint density at radius 2 is 1.80 bits per heavy atom. The third-order valence-electron chi connectivity index (χ3n) is 4.09. The molecule has 1 aromatic carbocycles. The molecule has 0 radical (unpaired) electrons. The van der Waals surface area contributed by atoms with E-state index in [1.165, 1.54) is 5.56 Å². The van der Waals surface area contributed by atoms with Crippen LogP contribution in [0.25, 0.3) is 0 Å². The molecule has 3 atom stereocenters. The first-order valence-corrected chi connectivity index (χ1v) is 7.07. The molecule has 108 valence electrons. The molecule has 0 spiro atoms. The molecule has 0 aromatic heterocycles. The predicted molar refractivity (Wildman–Crippen MR) is 76.2 cm³/mol. The Morgan fingerprint density at radius 1 is 1.20 bits per heavy atom. The van der Waals surface area contributed by atoms with E-state index in [1.54, 1.807) is 0 Å². The Kier molecular flexibility index (Phi) is 4.42. The van der Waals surface area contributed by atoms with Crippen LogP contribution in [-0.4, -0.2) is 17.0 Å². The Bertz CT molecular complexity index is 495. The molecule has 1 aromatic rings. The van der Waals surface area contributed by atoms with Crippen molar-refractivity contribution in [2.45, 2.75) is 39.2 Å². The minimum atomic E-state index is -0.785. The van der Waals surface area contributed by atoms with Gasteiger partial charge in [-0.05, 0) is 38.7 Å². The van der Waals surface area contributed by atoms with Crippen molar-refractivity contribution < 1.29 is 14.7 Å². The van der Waals surface area contributed by atoms with Gasteiger partial charge in [-0.15, -0.1) is 0 Å². The lowest BCUT2D eigenvalue weighted by atomic mass is 10.0. The van der Waals surface area contributed by atoms with Crippen molar-refractivity contribution in [3.05, 3.63) is 35.4 Å². The van der Waals surface area contributed by atoms with Gasteiger partial charge in [0, 0.05) is 5.92 Å². The molecular weight excluding hydrogens is 254 g/mol. The first-order chi connectivity index (χ1) is 9.47. The van der Waals surface area contributed by atoms with E-state index in [1.807, 2.05) is 38.1 Å². The first-order valence-electron chi connectivity index (χ1n) is 7.07. The number of nitrogens with one attached hydrogen (secondary N) is 1. The second-order valence-electron chi connectivity index (χ2n) is 5.69. The molecule has 2 unspecified atom stereocenters. The average molecular weight is 275 g/mol. The molecule has 2 N–H and O–H groups in total. The Morgan fingerprint density at radius 3 is 2.35 bits per heavy atom. The largest absolute Gasteiger partial charge is 0.481 e. The van der Waals surface area contributed by atoms with Gasteiger partial charge in [-0.25, -0.2) is 0 Å². The standard InChI is InChI=1S/C16H21NO3/c1-10-3-5-12(6-4-10)11(2)17-15(18)13-7-8-14(9-13)16(19)20/h3-6,11,13-14H,7-9H2,1-2H3,(H,17,18)(H,19,20)/t11-,13?,14?/m1/s1. The number of benzene rings is 1. The van der Waals surface area contributed by atoms with Crippen LogP contribution < -0.4 is 5.32 Å². The van der Waals surface area contributed by atoms with Crippen molar-refractivity contribution >= 4 is 11.9 Å². The monoisotopic (exact) mass is 275 g/mol. The molecule has 1 fully saturated rings. The fourth-order valence-electron chi connectivity index (χ4n) is 2.71. The van der Waals surface area contributed by atoms with Crippen molar-refractivity contribution in [1.29, 1.82) is 0 Å². The Labute approximate surface area is 119 Å². The molecule has 0 saturated heterocycles. The van der Waals surface area contributed by atoms with Crippen LogP contribution in [-0.2, 0) is 9.59 Å². The maximum atomic E-state index is 12.2. The Hall–Kier alpha value is -1.84. The number of carboxylic acid groups (broad SMARTS) is 1.